The van der Waals surface area contributed by atoms with Crippen molar-refractivity contribution in [2.24, 2.45) is 5.41 Å². The van der Waals surface area contributed by atoms with Gasteiger partial charge in [-0.1, -0.05) is 11.6 Å². The topological polar surface area (TPSA) is 229 Å². The summed E-state index contributed by atoms with van der Waals surface area (Å²) < 4.78 is 0. The second-order valence-electron chi connectivity index (χ2n) is 4.00. The molecule has 1 aromatic rings. The summed E-state index contributed by atoms with van der Waals surface area (Å²) in [6.45, 7) is -3.50. The van der Waals surface area contributed by atoms with E-state index in [0.29, 0.717) is 0 Å². The molecule has 0 unspecified atom stereocenters. The van der Waals surface area contributed by atoms with Crippen LogP contribution in [-0.4, -0.2) is 67.4 Å². The molecule has 0 amide bonds. The molecular weight excluding hydrogens is 378 g/mol. The Kier molecular flexibility index (Phi) is 9.89. The van der Waals surface area contributed by atoms with E-state index in [0.717, 1.165) is 0 Å². The van der Waals surface area contributed by atoms with Crippen molar-refractivity contribution in [1.29, 1.82) is 0 Å². The van der Waals surface area contributed by atoms with Gasteiger partial charge in [0.2, 0.25) is 0 Å². The molecule has 17 nitrogen and oxygen atoms in total. The Morgan fingerprint density at radius 2 is 1.44 bits per heavy atom. The highest BCUT2D eigenvalue weighted by Crippen LogP contribution is 2.19. The third-order valence-corrected chi connectivity index (χ3v) is 2.33. The number of aliphatic hydroxyl groups is 1. The quantitative estimate of drug-likeness (QED) is 0.356. The fraction of sp³-hybridized carbons (Fsp3) is 0.714. The molecule has 140 valence electrons. The molecule has 0 radical (unpaired) electrons. The van der Waals surface area contributed by atoms with Crippen molar-refractivity contribution in [3.05, 3.63) is 41.7 Å². The lowest BCUT2D eigenvalue weighted by Crippen LogP contribution is -2.42. The molecule has 0 saturated heterocycles. The van der Waals surface area contributed by atoms with E-state index in [-0.39, 0.29) is 5.15 Å². The molecule has 0 aliphatic carbocycles. The summed E-state index contributed by atoms with van der Waals surface area (Å²) in [4.78, 5) is 41.7. The molecule has 18 heteroatoms. The van der Waals surface area contributed by atoms with Crippen molar-refractivity contribution in [1.82, 2.24) is 20.6 Å². The van der Waals surface area contributed by atoms with Crippen molar-refractivity contribution < 1.29 is 34.9 Å². The first-order valence-electron chi connectivity index (χ1n) is 5.80. The normalized spacial score (nSPS) is 10.0. The summed E-state index contributed by atoms with van der Waals surface area (Å²) in [5, 5.41) is 48.5. The van der Waals surface area contributed by atoms with E-state index in [4.69, 9.17) is 16.7 Å². The van der Waals surface area contributed by atoms with Gasteiger partial charge in [-0.15, -0.1) is 40.5 Å². The van der Waals surface area contributed by atoms with Gasteiger partial charge >= 0.3 is 0 Å². The Morgan fingerprint density at radius 3 is 1.64 bits per heavy atom. The molecule has 0 spiro atoms. The first kappa shape index (κ1) is 21.8. The van der Waals surface area contributed by atoms with Crippen LogP contribution in [0, 0.1) is 35.8 Å². The molecule has 0 saturated carbocycles. The third-order valence-electron chi connectivity index (χ3n) is 2.16. The number of aliphatic hydroxyl groups excluding tert-OH is 1. The summed E-state index contributed by atoms with van der Waals surface area (Å²) >= 11 is 5.26. The molecule has 0 fully saturated rings. The van der Waals surface area contributed by atoms with Crippen molar-refractivity contribution in [2.45, 2.75) is 0 Å². The van der Waals surface area contributed by atoms with Gasteiger partial charge in [-0.05, 0) is 10.4 Å². The minimum Gasteiger partial charge on any atom is -0.396 e. The highest BCUT2D eigenvalue weighted by atomic mass is 35.5. The maximum Gasteiger partial charge on any atom is 0.294 e. The number of aromatic nitrogens is 4. The number of hydrogen-bond donors (Lipinski definition) is 1. The lowest BCUT2D eigenvalue weighted by atomic mass is 9.93. The molecule has 0 atom stereocenters. The molecule has 1 N–H and O–H groups in total. The fourth-order valence-electron chi connectivity index (χ4n) is 1.02. The molecule has 1 aromatic heterocycles. The molecule has 1 heterocycles. The predicted molar refractivity (Wildman–Crippen MR) is 71.0 cm³/mol. The fourth-order valence-corrected chi connectivity index (χ4v) is 1.09. The number of nitrogens with zero attached hydrogens (tertiary/aromatic N) is 7. The van der Waals surface area contributed by atoms with Crippen LogP contribution < -0.4 is 0 Å². The first-order valence-corrected chi connectivity index (χ1v) is 6.18. The standard InChI is InChI=1S/C5H9N3O10.C2HClN4/c9-1-5(2-16-6(10)11,3-17-7(12)13)4-18-8(14)15;3-2-1-4-6-7-5-2/h9H,1-4H2;1H. The van der Waals surface area contributed by atoms with E-state index in [1.807, 2.05) is 0 Å². The third kappa shape index (κ3) is 11.0. The summed E-state index contributed by atoms with van der Waals surface area (Å²) in [5.74, 6) is 0. The van der Waals surface area contributed by atoms with Crippen LogP contribution in [0.5, 0.6) is 0 Å². The van der Waals surface area contributed by atoms with Crippen molar-refractivity contribution in [3.63, 3.8) is 0 Å². The highest BCUT2D eigenvalue weighted by Gasteiger charge is 2.34. The van der Waals surface area contributed by atoms with Gasteiger partial charge in [0.05, 0.1) is 18.2 Å². The van der Waals surface area contributed by atoms with Gasteiger partial charge in [-0.3, -0.25) is 0 Å². The number of hydrogen-bond acceptors (Lipinski definition) is 14. The van der Waals surface area contributed by atoms with Crippen LogP contribution in [-0.2, 0) is 14.5 Å². The maximum atomic E-state index is 9.99. The van der Waals surface area contributed by atoms with Crippen LogP contribution in [0.15, 0.2) is 6.20 Å². The molecule has 25 heavy (non-hydrogen) atoms. The van der Waals surface area contributed by atoms with Crippen LogP contribution >= 0.6 is 11.6 Å². The van der Waals surface area contributed by atoms with E-state index >= 15 is 0 Å². The average molecular weight is 388 g/mol. The van der Waals surface area contributed by atoms with Gasteiger partial charge in [0, 0.05) is 0 Å². The molecule has 0 aliphatic heterocycles. The Balaban J connectivity index is 0.000000676. The molecule has 0 bridgehead atoms. The highest BCUT2D eigenvalue weighted by molar-refractivity contribution is 6.29. The second kappa shape index (κ2) is 11.3. The largest absolute Gasteiger partial charge is 0.396 e. The summed E-state index contributed by atoms with van der Waals surface area (Å²) in [6, 6.07) is 0. The Bertz CT molecular complexity index is 516. The van der Waals surface area contributed by atoms with Crippen LogP contribution in [0.25, 0.3) is 0 Å². The lowest BCUT2D eigenvalue weighted by molar-refractivity contribution is -0.782. The second-order valence-corrected chi connectivity index (χ2v) is 4.38. The van der Waals surface area contributed by atoms with Gasteiger partial charge in [0.1, 0.15) is 19.8 Å². The summed E-state index contributed by atoms with van der Waals surface area (Å²) in [5.41, 5.74) is -1.80. The van der Waals surface area contributed by atoms with Gasteiger partial charge < -0.3 is 19.6 Å². The number of rotatable bonds is 10. The summed E-state index contributed by atoms with van der Waals surface area (Å²) in [7, 11) is 0. The Hall–Kier alpha value is -3.21. The van der Waals surface area contributed by atoms with Crippen LogP contribution in [0.1, 0.15) is 0 Å². The van der Waals surface area contributed by atoms with Gasteiger partial charge in [0.25, 0.3) is 15.3 Å². The van der Waals surface area contributed by atoms with Crippen molar-refractivity contribution in [3.8, 4) is 0 Å². The monoisotopic (exact) mass is 387 g/mol. The van der Waals surface area contributed by atoms with Crippen LogP contribution in [0.2, 0.25) is 5.15 Å². The molecular formula is C7H10ClN7O10. The van der Waals surface area contributed by atoms with E-state index in [9.17, 15) is 30.3 Å². The van der Waals surface area contributed by atoms with Crippen LogP contribution in [0.3, 0.4) is 0 Å². The van der Waals surface area contributed by atoms with Crippen molar-refractivity contribution in [2.75, 3.05) is 26.4 Å². The summed E-state index contributed by atoms with van der Waals surface area (Å²) in [6.07, 6.45) is 1.31. The Morgan fingerprint density at radius 1 is 1.00 bits per heavy atom. The molecule has 0 aromatic carbocycles. The minimum absolute atomic E-state index is 0.259. The SMILES string of the molecule is Clc1cnnnn1.O=[N+]([O-])OCC(CO)(CO[N+](=O)[O-])CO[N+](=O)[O-]. The van der Waals surface area contributed by atoms with Crippen LogP contribution in [0.4, 0.5) is 0 Å². The zero-order valence-electron chi connectivity index (χ0n) is 12.0. The minimum atomic E-state index is -1.80. The van der Waals surface area contributed by atoms with Crippen molar-refractivity contribution >= 4 is 11.6 Å². The average Bonchev–Trinajstić information content (AvgIpc) is 2.55. The first-order chi connectivity index (χ1) is 11.7. The van der Waals surface area contributed by atoms with E-state index in [1.165, 1.54) is 6.20 Å². The van der Waals surface area contributed by atoms with Gasteiger partial charge in [-0.25, -0.2) is 0 Å². The maximum absolute atomic E-state index is 9.99. The predicted octanol–water partition coefficient (Wildman–Crippen LogP) is -1.49. The van der Waals surface area contributed by atoms with Gasteiger partial charge in [0.15, 0.2) is 5.15 Å². The molecule has 1 rings (SSSR count). The van der Waals surface area contributed by atoms with E-state index in [1.54, 1.807) is 0 Å². The van der Waals surface area contributed by atoms with Gasteiger partial charge in [-0.2, -0.15) is 0 Å². The lowest BCUT2D eigenvalue weighted by Gasteiger charge is -2.27. The Labute approximate surface area is 141 Å². The zero-order valence-corrected chi connectivity index (χ0v) is 12.8. The molecule has 0 aliphatic rings. The smallest absolute Gasteiger partial charge is 0.294 e. The van der Waals surface area contributed by atoms with E-state index in [2.05, 4.69) is 35.1 Å². The zero-order chi connectivity index (χ0) is 19.3. The number of halogens is 1. The van der Waals surface area contributed by atoms with E-state index < -0.39 is 47.1 Å².